The zero-order chi connectivity index (χ0) is 21.6. The maximum absolute atomic E-state index is 4.80. The second kappa shape index (κ2) is 14.1. The summed E-state index contributed by atoms with van der Waals surface area (Å²) in [5.74, 6) is 1.77. The first-order valence-electron chi connectivity index (χ1n) is 11.7. The van der Waals surface area contributed by atoms with Crippen LogP contribution in [-0.2, 0) is 0 Å². The highest BCUT2D eigenvalue weighted by Gasteiger charge is 2.18. The lowest BCUT2D eigenvalue weighted by atomic mass is 10.2. The molecule has 1 atom stereocenters. The van der Waals surface area contributed by atoms with Gasteiger partial charge in [-0.25, -0.2) is 9.97 Å². The minimum Gasteiger partial charge on any atom is -0.357 e. The summed E-state index contributed by atoms with van der Waals surface area (Å²) in [5.41, 5.74) is 0. The summed E-state index contributed by atoms with van der Waals surface area (Å²) < 4.78 is 0. The summed E-state index contributed by atoms with van der Waals surface area (Å²) in [6.45, 7) is 18.9. The molecule has 0 aliphatic carbocycles. The molecule has 170 valence electrons. The van der Waals surface area contributed by atoms with E-state index in [1.807, 2.05) is 18.5 Å². The van der Waals surface area contributed by atoms with Gasteiger partial charge >= 0.3 is 0 Å². The standard InChI is InChI=1S/C22H42N8/c1-5-23-21(27-20(4)10-8-14-28(6-2)7-3)24-13-15-29-16-18-30(19-17-29)22-25-11-9-12-26-22/h9,11-12,20H,5-8,10,13-19H2,1-4H3,(H2,23,24,27). The lowest BCUT2D eigenvalue weighted by Crippen LogP contribution is -2.48. The van der Waals surface area contributed by atoms with Gasteiger partial charge in [0.05, 0.1) is 6.54 Å². The summed E-state index contributed by atoms with van der Waals surface area (Å²) in [6, 6.07) is 2.28. The van der Waals surface area contributed by atoms with Crippen molar-refractivity contribution in [1.29, 1.82) is 0 Å². The van der Waals surface area contributed by atoms with Crippen molar-refractivity contribution in [3.8, 4) is 0 Å². The van der Waals surface area contributed by atoms with Crippen LogP contribution in [0.15, 0.2) is 23.5 Å². The molecule has 1 aliphatic heterocycles. The van der Waals surface area contributed by atoms with Crippen molar-refractivity contribution in [1.82, 2.24) is 30.4 Å². The van der Waals surface area contributed by atoms with Crippen molar-refractivity contribution < 1.29 is 0 Å². The van der Waals surface area contributed by atoms with Gasteiger partial charge in [-0.1, -0.05) is 13.8 Å². The maximum Gasteiger partial charge on any atom is 0.225 e. The number of guanidine groups is 1. The fourth-order valence-corrected chi connectivity index (χ4v) is 3.72. The number of nitrogens with one attached hydrogen (secondary N) is 2. The summed E-state index contributed by atoms with van der Waals surface area (Å²) in [5, 5.41) is 6.96. The van der Waals surface area contributed by atoms with Gasteiger partial charge in [0.25, 0.3) is 0 Å². The molecule has 8 heteroatoms. The molecule has 0 saturated carbocycles. The van der Waals surface area contributed by atoms with E-state index in [9.17, 15) is 0 Å². The third-order valence-electron chi connectivity index (χ3n) is 5.63. The zero-order valence-corrected chi connectivity index (χ0v) is 19.5. The Kier molecular flexibility index (Phi) is 11.5. The van der Waals surface area contributed by atoms with Gasteiger partial charge in [-0.05, 0) is 52.4 Å². The number of aromatic nitrogens is 2. The van der Waals surface area contributed by atoms with Gasteiger partial charge in [0.15, 0.2) is 5.96 Å². The van der Waals surface area contributed by atoms with Crippen molar-refractivity contribution in [3.63, 3.8) is 0 Å². The molecule has 1 fully saturated rings. The minimum absolute atomic E-state index is 0.424. The molecule has 1 aromatic rings. The average molecular weight is 419 g/mol. The van der Waals surface area contributed by atoms with Gasteiger partial charge in [-0.2, -0.15) is 0 Å². The molecular formula is C22H42N8. The Morgan fingerprint density at radius 3 is 2.47 bits per heavy atom. The predicted octanol–water partition coefficient (Wildman–Crippen LogP) is 1.66. The third-order valence-corrected chi connectivity index (χ3v) is 5.63. The molecule has 1 aliphatic rings. The van der Waals surface area contributed by atoms with Crippen LogP contribution >= 0.6 is 0 Å². The summed E-state index contributed by atoms with van der Waals surface area (Å²) >= 11 is 0. The van der Waals surface area contributed by atoms with E-state index in [-0.39, 0.29) is 0 Å². The predicted molar refractivity (Wildman–Crippen MR) is 126 cm³/mol. The largest absolute Gasteiger partial charge is 0.357 e. The van der Waals surface area contributed by atoms with E-state index in [1.54, 1.807) is 0 Å². The summed E-state index contributed by atoms with van der Waals surface area (Å²) in [7, 11) is 0. The minimum atomic E-state index is 0.424. The number of rotatable bonds is 12. The van der Waals surface area contributed by atoms with E-state index < -0.39 is 0 Å². The SMILES string of the molecule is CCNC(=NCCN1CCN(c2ncccn2)CC1)NC(C)CCCN(CC)CC. The van der Waals surface area contributed by atoms with Crippen LogP contribution in [0.5, 0.6) is 0 Å². The first kappa shape index (κ1) is 24.3. The average Bonchev–Trinajstić information content (AvgIpc) is 2.78. The molecule has 1 saturated heterocycles. The fourth-order valence-electron chi connectivity index (χ4n) is 3.72. The Morgan fingerprint density at radius 1 is 1.13 bits per heavy atom. The van der Waals surface area contributed by atoms with E-state index in [1.165, 1.54) is 13.0 Å². The van der Waals surface area contributed by atoms with Gasteiger partial charge in [-0.15, -0.1) is 0 Å². The van der Waals surface area contributed by atoms with Crippen molar-refractivity contribution in [2.75, 3.05) is 70.3 Å². The summed E-state index contributed by atoms with van der Waals surface area (Å²) in [6.07, 6.45) is 5.99. The number of piperazine rings is 1. The lowest BCUT2D eigenvalue weighted by Gasteiger charge is -2.34. The molecule has 1 aromatic heterocycles. The second-order valence-electron chi connectivity index (χ2n) is 7.85. The Hall–Kier alpha value is -1.93. The van der Waals surface area contributed by atoms with E-state index in [0.717, 1.165) is 77.2 Å². The Morgan fingerprint density at radius 2 is 1.83 bits per heavy atom. The second-order valence-corrected chi connectivity index (χ2v) is 7.85. The highest BCUT2D eigenvalue weighted by molar-refractivity contribution is 5.80. The van der Waals surface area contributed by atoms with E-state index in [2.05, 4.69) is 63.0 Å². The van der Waals surface area contributed by atoms with Crippen molar-refractivity contribution in [3.05, 3.63) is 18.5 Å². The van der Waals surface area contributed by atoms with Crippen molar-refractivity contribution in [2.45, 2.75) is 46.6 Å². The van der Waals surface area contributed by atoms with Crippen LogP contribution < -0.4 is 15.5 Å². The van der Waals surface area contributed by atoms with Crippen LogP contribution in [0.1, 0.15) is 40.5 Å². The number of hydrogen-bond acceptors (Lipinski definition) is 6. The van der Waals surface area contributed by atoms with Crippen LogP contribution in [0.3, 0.4) is 0 Å². The molecule has 0 radical (unpaired) electrons. The topological polar surface area (TPSA) is 71.9 Å². The fraction of sp³-hybridized carbons (Fsp3) is 0.773. The van der Waals surface area contributed by atoms with Gasteiger partial charge < -0.3 is 20.4 Å². The molecule has 8 nitrogen and oxygen atoms in total. The normalized spacial score (nSPS) is 16.7. The molecule has 0 bridgehead atoms. The molecular weight excluding hydrogens is 376 g/mol. The molecule has 2 heterocycles. The molecule has 0 aromatic carbocycles. The van der Waals surface area contributed by atoms with Gasteiger partial charge in [0, 0.05) is 57.7 Å². The Labute approximate surface area is 183 Å². The quantitative estimate of drug-likeness (QED) is 0.395. The third kappa shape index (κ3) is 8.83. The molecule has 1 unspecified atom stereocenters. The van der Waals surface area contributed by atoms with Crippen molar-refractivity contribution in [2.24, 2.45) is 4.99 Å². The van der Waals surface area contributed by atoms with Crippen LogP contribution in [0, 0.1) is 0 Å². The first-order valence-corrected chi connectivity index (χ1v) is 11.7. The van der Waals surface area contributed by atoms with Crippen LogP contribution in [0.4, 0.5) is 5.95 Å². The Balaban J connectivity index is 1.69. The molecule has 0 spiro atoms. The number of nitrogens with zero attached hydrogens (tertiary/aromatic N) is 6. The highest BCUT2D eigenvalue weighted by Crippen LogP contribution is 2.09. The molecule has 2 rings (SSSR count). The van der Waals surface area contributed by atoms with Crippen LogP contribution in [0.25, 0.3) is 0 Å². The van der Waals surface area contributed by atoms with Crippen LogP contribution in [0.2, 0.25) is 0 Å². The van der Waals surface area contributed by atoms with Crippen LogP contribution in [-0.4, -0.2) is 97.2 Å². The lowest BCUT2D eigenvalue weighted by molar-refractivity contribution is 0.263. The zero-order valence-electron chi connectivity index (χ0n) is 19.5. The van der Waals surface area contributed by atoms with Crippen molar-refractivity contribution >= 4 is 11.9 Å². The van der Waals surface area contributed by atoms with E-state index >= 15 is 0 Å². The van der Waals surface area contributed by atoms with E-state index in [0.29, 0.717) is 6.04 Å². The van der Waals surface area contributed by atoms with Gasteiger partial charge in [0.2, 0.25) is 5.95 Å². The highest BCUT2D eigenvalue weighted by atomic mass is 15.3. The first-order chi connectivity index (χ1) is 14.7. The number of anilines is 1. The maximum atomic E-state index is 4.80. The van der Waals surface area contributed by atoms with Gasteiger partial charge in [-0.3, -0.25) is 9.89 Å². The monoisotopic (exact) mass is 418 g/mol. The number of hydrogen-bond donors (Lipinski definition) is 2. The van der Waals surface area contributed by atoms with E-state index in [4.69, 9.17) is 4.99 Å². The number of aliphatic imine (C=N–C) groups is 1. The smallest absolute Gasteiger partial charge is 0.225 e. The summed E-state index contributed by atoms with van der Waals surface area (Å²) in [4.78, 5) is 20.7. The van der Waals surface area contributed by atoms with Gasteiger partial charge in [0.1, 0.15) is 0 Å². The molecule has 0 amide bonds. The molecule has 30 heavy (non-hydrogen) atoms. The Bertz CT molecular complexity index is 582. The molecule has 2 N–H and O–H groups in total.